The van der Waals surface area contributed by atoms with Gasteiger partial charge in [-0.05, 0) is 24.6 Å². The molecule has 11 heteroatoms. The van der Waals surface area contributed by atoms with E-state index in [9.17, 15) is 14.7 Å². The first-order chi connectivity index (χ1) is 17.4. The smallest absolute Gasteiger partial charge is 0.326 e. The maximum absolute atomic E-state index is 12.7. The third-order valence-electron chi connectivity index (χ3n) is 4.94. The van der Waals surface area contributed by atoms with Gasteiger partial charge in [0.15, 0.2) is 0 Å². The number of anilines is 4. The van der Waals surface area contributed by atoms with E-state index in [-0.39, 0.29) is 30.8 Å². The van der Waals surface area contributed by atoms with Gasteiger partial charge in [-0.1, -0.05) is 48.0 Å². The molecule has 0 radical (unpaired) electrons. The van der Waals surface area contributed by atoms with Crippen LogP contribution in [0.1, 0.15) is 17.5 Å². The molecule has 1 heterocycles. The molecule has 0 unspecified atom stereocenters. The Morgan fingerprint density at radius 1 is 1.08 bits per heavy atom. The zero-order valence-electron chi connectivity index (χ0n) is 20.2. The van der Waals surface area contributed by atoms with Crippen molar-refractivity contribution in [3.63, 3.8) is 0 Å². The summed E-state index contributed by atoms with van der Waals surface area (Å²) >= 11 is 0. The molecule has 3 aromatic rings. The van der Waals surface area contributed by atoms with Gasteiger partial charge < -0.3 is 25.4 Å². The largest absolute Gasteiger partial charge is 0.495 e. The summed E-state index contributed by atoms with van der Waals surface area (Å²) in [4.78, 5) is 38.9. The lowest BCUT2D eigenvalue weighted by molar-refractivity contribution is -0.136. The third-order valence-corrected chi connectivity index (χ3v) is 4.94. The number of nitrogens with one attached hydrogen (secondary N) is 3. The van der Waals surface area contributed by atoms with E-state index in [0.717, 1.165) is 11.1 Å². The summed E-state index contributed by atoms with van der Waals surface area (Å²) in [5.74, 6) is -0.0411. The van der Waals surface area contributed by atoms with Crippen molar-refractivity contribution in [3.8, 4) is 5.75 Å². The summed E-state index contributed by atoms with van der Waals surface area (Å²) < 4.78 is 5.26. The van der Waals surface area contributed by atoms with Crippen molar-refractivity contribution in [1.82, 2.24) is 15.0 Å². The number of ether oxygens (including phenoxy) is 1. The topological polar surface area (TPSA) is 142 Å². The van der Waals surface area contributed by atoms with Crippen LogP contribution in [0.5, 0.6) is 5.75 Å². The predicted molar refractivity (Wildman–Crippen MR) is 139 cm³/mol. The summed E-state index contributed by atoms with van der Waals surface area (Å²) in [5, 5.41) is 17.6. The van der Waals surface area contributed by atoms with E-state index >= 15 is 0 Å². The Morgan fingerprint density at radius 2 is 1.86 bits per heavy atom. The number of benzene rings is 2. The van der Waals surface area contributed by atoms with Crippen LogP contribution in [0.2, 0.25) is 0 Å². The Bertz CT molecular complexity index is 1220. The SMILES string of the molecule is C=CCNc1nc(NC(=O)Nc2ccccc2OC)nc(N(CCC(=O)O)Cc2cccc(C)c2)n1. The van der Waals surface area contributed by atoms with Gasteiger partial charge >= 0.3 is 12.0 Å². The Kier molecular flexibility index (Phi) is 9.15. The molecule has 0 aliphatic heterocycles. The number of carboxylic acid groups (broad SMARTS) is 1. The van der Waals surface area contributed by atoms with Gasteiger partial charge in [0.1, 0.15) is 5.75 Å². The summed E-state index contributed by atoms with van der Waals surface area (Å²) in [6.07, 6.45) is 1.52. The van der Waals surface area contributed by atoms with Crippen molar-refractivity contribution in [2.24, 2.45) is 0 Å². The molecule has 0 aliphatic rings. The number of methoxy groups -OCH3 is 1. The number of nitrogens with zero attached hydrogens (tertiary/aromatic N) is 4. The van der Waals surface area contributed by atoms with E-state index in [1.54, 1.807) is 35.2 Å². The molecule has 188 valence electrons. The molecule has 1 aromatic heterocycles. The van der Waals surface area contributed by atoms with Gasteiger partial charge in [0.2, 0.25) is 17.8 Å². The number of carbonyl (C=O) groups excluding carboxylic acids is 1. The van der Waals surface area contributed by atoms with E-state index in [1.165, 1.54) is 7.11 Å². The van der Waals surface area contributed by atoms with E-state index in [2.05, 4.69) is 37.5 Å². The molecule has 0 aliphatic carbocycles. The summed E-state index contributed by atoms with van der Waals surface area (Å²) in [5.41, 5.74) is 2.51. The highest BCUT2D eigenvalue weighted by molar-refractivity contribution is 5.99. The lowest BCUT2D eigenvalue weighted by Crippen LogP contribution is -2.29. The molecule has 0 fully saturated rings. The van der Waals surface area contributed by atoms with Gasteiger partial charge in [0.05, 0.1) is 19.2 Å². The van der Waals surface area contributed by atoms with Crippen LogP contribution in [0, 0.1) is 6.92 Å². The standard InChI is InChI=1S/C25H29N7O4/c1-4-13-26-22-28-23(31-25(35)27-19-10-5-6-11-20(19)36-3)30-24(29-22)32(14-12-21(33)34)16-18-9-7-8-17(2)15-18/h4-11,15H,1,12-14,16H2,2-3H3,(H,33,34)(H3,26,27,28,29,30,31,35). The van der Waals surface area contributed by atoms with Crippen molar-refractivity contribution < 1.29 is 19.4 Å². The van der Waals surface area contributed by atoms with E-state index in [1.807, 2.05) is 31.2 Å². The van der Waals surface area contributed by atoms with Crippen molar-refractivity contribution in [2.75, 3.05) is 41.0 Å². The molecular weight excluding hydrogens is 462 g/mol. The van der Waals surface area contributed by atoms with Gasteiger partial charge in [-0.2, -0.15) is 15.0 Å². The van der Waals surface area contributed by atoms with Crippen molar-refractivity contribution in [2.45, 2.75) is 19.9 Å². The average molecular weight is 492 g/mol. The Balaban J connectivity index is 1.89. The van der Waals surface area contributed by atoms with Crippen LogP contribution in [0.25, 0.3) is 0 Å². The minimum Gasteiger partial charge on any atom is -0.495 e. The molecule has 2 amide bonds. The second-order valence-corrected chi connectivity index (χ2v) is 7.79. The first-order valence-corrected chi connectivity index (χ1v) is 11.2. The lowest BCUT2D eigenvalue weighted by atomic mass is 10.1. The molecule has 0 atom stereocenters. The molecule has 4 N–H and O–H groups in total. The molecule has 0 bridgehead atoms. The fourth-order valence-electron chi connectivity index (χ4n) is 3.32. The van der Waals surface area contributed by atoms with Crippen LogP contribution < -0.4 is 25.6 Å². The van der Waals surface area contributed by atoms with Crippen LogP contribution in [0.3, 0.4) is 0 Å². The number of hydrogen-bond acceptors (Lipinski definition) is 8. The number of rotatable bonds is 12. The van der Waals surface area contributed by atoms with Gasteiger partial charge in [0.25, 0.3) is 0 Å². The van der Waals surface area contributed by atoms with Crippen LogP contribution in [0.4, 0.5) is 28.3 Å². The lowest BCUT2D eigenvalue weighted by Gasteiger charge is -2.23. The number of para-hydroxylation sites is 2. The second kappa shape index (κ2) is 12.7. The highest BCUT2D eigenvalue weighted by Crippen LogP contribution is 2.23. The van der Waals surface area contributed by atoms with Crippen LogP contribution >= 0.6 is 0 Å². The number of carbonyl (C=O) groups is 2. The predicted octanol–water partition coefficient (Wildman–Crippen LogP) is 3.91. The minimum absolute atomic E-state index is 0.0106. The zero-order valence-corrected chi connectivity index (χ0v) is 20.2. The van der Waals surface area contributed by atoms with Gasteiger partial charge in [-0.15, -0.1) is 6.58 Å². The van der Waals surface area contributed by atoms with E-state index in [0.29, 0.717) is 24.5 Å². The first-order valence-electron chi connectivity index (χ1n) is 11.2. The Morgan fingerprint density at radius 3 is 2.58 bits per heavy atom. The van der Waals surface area contributed by atoms with Crippen molar-refractivity contribution in [3.05, 3.63) is 72.3 Å². The maximum Gasteiger partial charge on any atom is 0.326 e. The fourth-order valence-corrected chi connectivity index (χ4v) is 3.32. The first kappa shape index (κ1) is 25.9. The molecule has 36 heavy (non-hydrogen) atoms. The fraction of sp³-hybridized carbons (Fsp3) is 0.240. The Hall–Kier alpha value is -4.67. The number of amides is 2. The average Bonchev–Trinajstić information content (AvgIpc) is 2.85. The number of hydrogen-bond donors (Lipinski definition) is 4. The monoisotopic (exact) mass is 491 g/mol. The van der Waals surface area contributed by atoms with Gasteiger partial charge in [0, 0.05) is 19.6 Å². The van der Waals surface area contributed by atoms with Crippen molar-refractivity contribution >= 4 is 35.5 Å². The quantitative estimate of drug-likeness (QED) is 0.277. The Labute approximate surface area is 209 Å². The van der Waals surface area contributed by atoms with Crippen LogP contribution in [0.15, 0.2) is 61.2 Å². The molecular formula is C25H29N7O4. The van der Waals surface area contributed by atoms with Crippen molar-refractivity contribution in [1.29, 1.82) is 0 Å². The number of aryl methyl sites for hydroxylation is 1. The molecule has 2 aromatic carbocycles. The number of carboxylic acids is 1. The second-order valence-electron chi connectivity index (χ2n) is 7.79. The maximum atomic E-state index is 12.7. The summed E-state index contributed by atoms with van der Waals surface area (Å²) in [6, 6.07) is 14.3. The van der Waals surface area contributed by atoms with E-state index in [4.69, 9.17) is 4.74 Å². The highest BCUT2D eigenvalue weighted by atomic mass is 16.5. The molecule has 11 nitrogen and oxygen atoms in total. The number of urea groups is 1. The van der Waals surface area contributed by atoms with Gasteiger partial charge in [-0.25, -0.2) is 4.79 Å². The number of aliphatic carboxylic acids is 1. The minimum atomic E-state index is -0.946. The molecule has 3 rings (SSSR count). The van der Waals surface area contributed by atoms with E-state index < -0.39 is 12.0 Å². The molecule has 0 spiro atoms. The molecule has 0 saturated heterocycles. The molecule has 0 saturated carbocycles. The van der Waals surface area contributed by atoms with Crippen LogP contribution in [-0.4, -0.2) is 52.3 Å². The normalized spacial score (nSPS) is 10.3. The summed E-state index contributed by atoms with van der Waals surface area (Å²) in [7, 11) is 1.51. The summed E-state index contributed by atoms with van der Waals surface area (Å²) in [6.45, 7) is 6.56. The van der Waals surface area contributed by atoms with Crippen LogP contribution in [-0.2, 0) is 11.3 Å². The van der Waals surface area contributed by atoms with Gasteiger partial charge in [-0.3, -0.25) is 10.1 Å². The zero-order chi connectivity index (χ0) is 25.9. The highest BCUT2D eigenvalue weighted by Gasteiger charge is 2.17. The third kappa shape index (κ3) is 7.69. The number of aromatic nitrogens is 3.